The summed E-state index contributed by atoms with van der Waals surface area (Å²) in [4.78, 5) is 15.7. The van der Waals surface area contributed by atoms with Gasteiger partial charge >= 0.3 is 5.97 Å². The van der Waals surface area contributed by atoms with E-state index in [2.05, 4.69) is 0 Å². The van der Waals surface area contributed by atoms with E-state index >= 15 is 0 Å². The molecule has 0 atom stereocenters. The van der Waals surface area contributed by atoms with Crippen molar-refractivity contribution in [2.24, 2.45) is 0 Å². The van der Waals surface area contributed by atoms with Crippen LogP contribution in [0.2, 0.25) is 0 Å². The number of carboxylic acids is 1. The molecule has 29 heavy (non-hydrogen) atoms. The Balaban J connectivity index is 1.73. The zero-order chi connectivity index (χ0) is 20.2. The molecule has 0 spiro atoms. The molecule has 1 aliphatic heterocycles. The number of nitrogens with zero attached hydrogens (tertiary/aromatic N) is 1. The fraction of sp³-hybridized carbons (Fsp3) is 0.273. The van der Waals surface area contributed by atoms with Crippen LogP contribution in [0, 0.1) is 0 Å². The Morgan fingerprint density at radius 3 is 2.86 bits per heavy atom. The first kappa shape index (κ1) is 19.3. The fourth-order valence-electron chi connectivity index (χ4n) is 3.26. The Kier molecular flexibility index (Phi) is 5.67. The highest BCUT2D eigenvalue weighted by atomic mass is 32.1. The molecule has 0 radical (unpaired) electrons. The van der Waals surface area contributed by atoms with Gasteiger partial charge in [0.15, 0.2) is 11.5 Å². The number of ether oxygens (including phenoxy) is 3. The fourth-order valence-corrected chi connectivity index (χ4v) is 4.27. The number of benzene rings is 2. The predicted molar refractivity (Wildman–Crippen MR) is 113 cm³/mol. The second-order valence-corrected chi connectivity index (χ2v) is 7.68. The largest absolute Gasteiger partial charge is 0.493 e. The second-order valence-electron chi connectivity index (χ2n) is 6.65. The zero-order valence-corrected chi connectivity index (χ0v) is 16.8. The van der Waals surface area contributed by atoms with Crippen LogP contribution >= 0.6 is 11.3 Å². The molecular formula is C22H21NO5S. The van der Waals surface area contributed by atoms with Crippen molar-refractivity contribution in [2.45, 2.75) is 19.3 Å². The van der Waals surface area contributed by atoms with Crippen LogP contribution in [0.4, 0.5) is 0 Å². The van der Waals surface area contributed by atoms with Crippen LogP contribution in [-0.4, -0.2) is 36.4 Å². The van der Waals surface area contributed by atoms with Crippen molar-refractivity contribution in [3.63, 3.8) is 0 Å². The highest BCUT2D eigenvalue weighted by molar-refractivity contribution is 7.19. The molecule has 7 heteroatoms. The van der Waals surface area contributed by atoms with Crippen LogP contribution < -0.4 is 14.2 Å². The van der Waals surface area contributed by atoms with Crippen molar-refractivity contribution in [1.82, 2.24) is 4.98 Å². The van der Waals surface area contributed by atoms with E-state index in [1.165, 1.54) is 0 Å². The summed E-state index contributed by atoms with van der Waals surface area (Å²) in [5, 5.41) is 9.92. The molecule has 6 nitrogen and oxygen atoms in total. The minimum absolute atomic E-state index is 0.118. The van der Waals surface area contributed by atoms with Crippen molar-refractivity contribution in [2.75, 3.05) is 20.3 Å². The normalized spacial score (nSPS) is 13.5. The van der Waals surface area contributed by atoms with Crippen LogP contribution in [0.3, 0.4) is 0 Å². The van der Waals surface area contributed by atoms with Gasteiger partial charge in [0.25, 0.3) is 0 Å². The Morgan fingerprint density at radius 2 is 2.07 bits per heavy atom. The first-order valence-electron chi connectivity index (χ1n) is 9.40. The zero-order valence-electron chi connectivity index (χ0n) is 16.0. The molecule has 0 aliphatic carbocycles. The van der Waals surface area contributed by atoms with Crippen molar-refractivity contribution in [1.29, 1.82) is 0 Å². The smallest absolute Gasteiger partial charge is 0.303 e. The molecule has 1 aliphatic rings. The maximum Gasteiger partial charge on any atom is 0.303 e. The molecular weight excluding hydrogens is 390 g/mol. The third-order valence-electron chi connectivity index (χ3n) is 4.60. The van der Waals surface area contributed by atoms with E-state index in [9.17, 15) is 4.79 Å². The average molecular weight is 411 g/mol. The van der Waals surface area contributed by atoms with Gasteiger partial charge in [-0.1, -0.05) is 12.1 Å². The van der Waals surface area contributed by atoms with Gasteiger partial charge in [0.2, 0.25) is 5.75 Å². The van der Waals surface area contributed by atoms with Gasteiger partial charge in [-0.3, -0.25) is 4.79 Å². The molecule has 3 aromatic rings. The van der Waals surface area contributed by atoms with E-state index in [1.54, 1.807) is 18.4 Å². The highest BCUT2D eigenvalue weighted by Gasteiger charge is 2.19. The molecule has 2 aromatic carbocycles. The lowest BCUT2D eigenvalue weighted by molar-refractivity contribution is -0.137. The van der Waals surface area contributed by atoms with Gasteiger partial charge in [-0.05, 0) is 54.3 Å². The minimum Gasteiger partial charge on any atom is -0.493 e. The molecule has 2 heterocycles. The summed E-state index contributed by atoms with van der Waals surface area (Å²) in [5.74, 6) is 1.08. The van der Waals surface area contributed by atoms with Crippen LogP contribution in [0.15, 0.2) is 36.4 Å². The predicted octanol–water partition coefficient (Wildman–Crippen LogP) is 4.87. The molecule has 0 unspecified atom stereocenters. The average Bonchev–Trinajstić information content (AvgIpc) is 3.16. The topological polar surface area (TPSA) is 77.9 Å². The molecule has 1 N–H and O–H groups in total. The molecule has 0 saturated heterocycles. The Labute approximate surface area is 172 Å². The second kappa shape index (κ2) is 8.53. The van der Waals surface area contributed by atoms with E-state index < -0.39 is 5.97 Å². The molecule has 0 bridgehead atoms. The Hall–Kier alpha value is -3.06. The van der Waals surface area contributed by atoms with Crippen molar-refractivity contribution < 1.29 is 24.1 Å². The lowest BCUT2D eigenvalue weighted by Crippen LogP contribution is -2.16. The number of fused-ring (bicyclic) bond motifs is 2. The summed E-state index contributed by atoms with van der Waals surface area (Å²) in [6, 6.07) is 11.8. The summed E-state index contributed by atoms with van der Waals surface area (Å²) < 4.78 is 18.0. The van der Waals surface area contributed by atoms with Gasteiger partial charge in [-0.2, -0.15) is 0 Å². The summed E-state index contributed by atoms with van der Waals surface area (Å²) >= 11 is 1.61. The minimum atomic E-state index is -0.797. The number of hydrogen-bond acceptors (Lipinski definition) is 6. The van der Waals surface area contributed by atoms with Gasteiger partial charge in [0.1, 0.15) is 18.2 Å². The highest BCUT2D eigenvalue weighted by Crippen LogP contribution is 2.41. The van der Waals surface area contributed by atoms with Gasteiger partial charge in [0, 0.05) is 6.42 Å². The van der Waals surface area contributed by atoms with Gasteiger partial charge in [-0.15, -0.1) is 11.3 Å². The Morgan fingerprint density at radius 1 is 1.24 bits per heavy atom. The third kappa shape index (κ3) is 4.35. The van der Waals surface area contributed by atoms with E-state index in [0.717, 1.165) is 26.4 Å². The number of aliphatic carboxylic acids is 1. The molecule has 0 amide bonds. The molecule has 0 fully saturated rings. The van der Waals surface area contributed by atoms with E-state index in [0.29, 0.717) is 43.3 Å². The van der Waals surface area contributed by atoms with E-state index in [4.69, 9.17) is 24.3 Å². The number of allylic oxidation sites excluding steroid dienone is 1. The Bertz CT molecular complexity index is 1020. The number of para-hydroxylation sites is 1. The maximum absolute atomic E-state index is 11.0. The number of methoxy groups -OCH3 is 1. The lowest BCUT2D eigenvalue weighted by Gasteiger charge is -2.21. The standard InChI is InChI=1S/C22H21NO5S/c1-26-17-12-14(13-18-21(17)28-10-9-27-18)11-15(5-4-8-20(24)25)22-23-16-6-2-3-7-19(16)29-22/h2-3,6-7,11-13H,4-5,8-10H2,1H3,(H,24,25)/b15-11+. The first-order valence-corrected chi connectivity index (χ1v) is 10.2. The molecule has 4 rings (SSSR count). The van der Waals surface area contributed by atoms with Crippen LogP contribution in [0.1, 0.15) is 29.8 Å². The number of carboxylic acid groups (broad SMARTS) is 1. The van der Waals surface area contributed by atoms with Gasteiger partial charge in [-0.25, -0.2) is 4.98 Å². The van der Waals surface area contributed by atoms with Crippen LogP contribution in [-0.2, 0) is 4.79 Å². The van der Waals surface area contributed by atoms with Crippen molar-refractivity contribution >= 4 is 39.2 Å². The van der Waals surface area contributed by atoms with E-state index in [1.807, 2.05) is 42.5 Å². The molecule has 150 valence electrons. The van der Waals surface area contributed by atoms with Crippen LogP contribution in [0.25, 0.3) is 21.9 Å². The molecule has 1 aromatic heterocycles. The number of aromatic nitrogens is 1. The molecule has 0 saturated carbocycles. The monoisotopic (exact) mass is 411 g/mol. The number of thiazole rings is 1. The quantitative estimate of drug-likeness (QED) is 0.598. The number of carbonyl (C=O) groups is 1. The summed E-state index contributed by atoms with van der Waals surface area (Å²) in [6.07, 6.45) is 3.30. The van der Waals surface area contributed by atoms with Gasteiger partial charge in [0.05, 0.1) is 17.3 Å². The van der Waals surface area contributed by atoms with Crippen molar-refractivity contribution in [3.05, 3.63) is 47.0 Å². The SMILES string of the molecule is COc1cc(/C=C(\CCCC(=O)O)c2nc3ccccc3s2)cc2c1OCCO2. The van der Waals surface area contributed by atoms with E-state index in [-0.39, 0.29) is 6.42 Å². The summed E-state index contributed by atoms with van der Waals surface area (Å²) in [6.45, 7) is 0.983. The maximum atomic E-state index is 11.0. The number of hydrogen-bond donors (Lipinski definition) is 1. The third-order valence-corrected chi connectivity index (χ3v) is 5.71. The van der Waals surface area contributed by atoms with Crippen molar-refractivity contribution in [3.8, 4) is 17.2 Å². The lowest BCUT2D eigenvalue weighted by atomic mass is 10.0. The first-order chi connectivity index (χ1) is 14.1. The number of rotatable bonds is 7. The summed E-state index contributed by atoms with van der Waals surface area (Å²) in [5.41, 5.74) is 2.83. The van der Waals surface area contributed by atoms with Crippen LogP contribution in [0.5, 0.6) is 17.2 Å². The summed E-state index contributed by atoms with van der Waals surface area (Å²) in [7, 11) is 1.60. The van der Waals surface area contributed by atoms with Gasteiger partial charge < -0.3 is 19.3 Å².